The van der Waals surface area contributed by atoms with Gasteiger partial charge in [-0.1, -0.05) is 176 Å². The van der Waals surface area contributed by atoms with Gasteiger partial charge >= 0.3 is 0 Å². The Morgan fingerprint density at radius 2 is 0.983 bits per heavy atom. The van der Waals surface area contributed by atoms with Gasteiger partial charge in [0.1, 0.15) is 0 Å². The fraction of sp³-hybridized carbons (Fsp3) is 0.0351. The lowest BCUT2D eigenvalue weighted by Gasteiger charge is -2.45. The summed E-state index contributed by atoms with van der Waals surface area (Å²) in [7, 11) is 0. The van der Waals surface area contributed by atoms with Gasteiger partial charge in [0.05, 0.1) is 29.0 Å². The number of aliphatic imine (C=N–C) groups is 1. The van der Waals surface area contributed by atoms with Crippen LogP contribution in [0.5, 0.6) is 0 Å². The zero-order valence-corrected chi connectivity index (χ0v) is 33.0. The number of para-hydroxylation sites is 4. The van der Waals surface area contributed by atoms with Crippen molar-refractivity contribution in [3.8, 4) is 33.4 Å². The summed E-state index contributed by atoms with van der Waals surface area (Å²) in [4.78, 5) is 7.61. The van der Waals surface area contributed by atoms with Crippen LogP contribution in [0.4, 0.5) is 22.7 Å². The molecule has 0 saturated heterocycles. The molecule has 0 aromatic heterocycles. The molecule has 60 heavy (non-hydrogen) atoms. The van der Waals surface area contributed by atoms with Gasteiger partial charge in [-0.15, -0.1) is 0 Å². The highest BCUT2D eigenvalue weighted by Gasteiger charge is 2.51. The number of fused-ring (bicyclic) bond motifs is 9. The summed E-state index contributed by atoms with van der Waals surface area (Å²) in [6.07, 6.45) is 0. The molecule has 9 aromatic carbocycles. The Balaban J connectivity index is 1.01. The summed E-state index contributed by atoms with van der Waals surface area (Å²) in [6.45, 7) is 0.532. The zero-order valence-electron chi connectivity index (χ0n) is 33.0. The Bertz CT molecular complexity index is 3040. The topological polar surface area (TPSA) is 41.6 Å². The maximum absolute atomic E-state index is 6.47. The van der Waals surface area contributed by atoms with Gasteiger partial charge in [-0.2, -0.15) is 0 Å². The second-order valence-corrected chi connectivity index (χ2v) is 15.7. The molecule has 1 aliphatic carbocycles. The van der Waals surface area contributed by atoms with Crippen molar-refractivity contribution in [1.82, 2.24) is 0 Å². The second kappa shape index (κ2) is 14.6. The van der Waals surface area contributed by atoms with Crippen LogP contribution in [0.25, 0.3) is 33.4 Å². The van der Waals surface area contributed by atoms with Gasteiger partial charge in [0.25, 0.3) is 0 Å². The molecule has 2 N–H and O–H groups in total. The van der Waals surface area contributed by atoms with Crippen LogP contribution in [0.1, 0.15) is 38.9 Å². The Kier molecular flexibility index (Phi) is 8.60. The van der Waals surface area contributed by atoms with Crippen molar-refractivity contribution in [3.63, 3.8) is 0 Å². The quantitative estimate of drug-likeness (QED) is 0.130. The molecule has 3 nitrogen and oxygen atoms in total. The number of anilines is 4. The minimum Gasteiger partial charge on any atom is -0.398 e. The normalized spacial score (nSPS) is 13.3. The van der Waals surface area contributed by atoms with Crippen LogP contribution < -0.4 is 10.6 Å². The highest BCUT2D eigenvalue weighted by atomic mass is 15.2. The van der Waals surface area contributed by atoms with E-state index in [-0.39, 0.29) is 0 Å². The first-order valence-corrected chi connectivity index (χ1v) is 20.6. The van der Waals surface area contributed by atoms with Gasteiger partial charge in [-0.25, -0.2) is 0 Å². The predicted molar refractivity (Wildman–Crippen MR) is 249 cm³/mol. The zero-order chi connectivity index (χ0) is 40.0. The number of hydrogen-bond donors (Lipinski definition) is 1. The van der Waals surface area contributed by atoms with Crippen molar-refractivity contribution >= 4 is 28.5 Å². The molecule has 0 radical (unpaired) electrons. The fourth-order valence-electron chi connectivity index (χ4n) is 9.68. The van der Waals surface area contributed by atoms with E-state index in [1.807, 2.05) is 42.5 Å². The van der Waals surface area contributed by atoms with Crippen molar-refractivity contribution in [3.05, 3.63) is 263 Å². The minimum absolute atomic E-state index is 0.504. The molecule has 0 fully saturated rings. The molecule has 1 heterocycles. The van der Waals surface area contributed by atoms with E-state index in [2.05, 4.69) is 187 Å². The molecule has 1 spiro atoms. The summed E-state index contributed by atoms with van der Waals surface area (Å²) in [5, 5.41) is 0. The van der Waals surface area contributed by atoms with Gasteiger partial charge < -0.3 is 10.6 Å². The maximum atomic E-state index is 6.47. The van der Waals surface area contributed by atoms with E-state index < -0.39 is 5.41 Å². The number of nitrogens with two attached hydrogens (primary N) is 1. The lowest BCUT2D eigenvalue weighted by atomic mass is 9.64. The van der Waals surface area contributed by atoms with E-state index in [0.29, 0.717) is 6.54 Å². The molecule has 9 aromatic rings. The Morgan fingerprint density at radius 3 is 1.70 bits per heavy atom. The second-order valence-electron chi connectivity index (χ2n) is 15.7. The third kappa shape index (κ3) is 5.70. The smallest absolute Gasteiger partial charge is 0.0754 e. The largest absolute Gasteiger partial charge is 0.398 e. The number of hydrogen-bond acceptors (Lipinski definition) is 3. The Hall–Kier alpha value is -7.75. The number of nitrogens with zero attached hydrogens (tertiary/aromatic N) is 2. The minimum atomic E-state index is -0.504. The summed E-state index contributed by atoms with van der Waals surface area (Å²) in [6, 6.07) is 80.9. The Morgan fingerprint density at radius 1 is 0.433 bits per heavy atom. The molecule has 0 saturated carbocycles. The number of rotatable bonds is 7. The van der Waals surface area contributed by atoms with Crippen LogP contribution in [-0.2, 0) is 12.0 Å². The molecule has 0 bridgehead atoms. The van der Waals surface area contributed by atoms with E-state index in [0.717, 1.165) is 39.3 Å². The van der Waals surface area contributed by atoms with Crippen molar-refractivity contribution in [2.24, 2.45) is 4.99 Å². The third-order valence-electron chi connectivity index (χ3n) is 12.3. The molecule has 3 heteroatoms. The van der Waals surface area contributed by atoms with E-state index in [4.69, 9.17) is 10.7 Å². The predicted octanol–water partition coefficient (Wildman–Crippen LogP) is 13.8. The molecular weight excluding hydrogens is 727 g/mol. The molecule has 11 rings (SSSR count). The van der Waals surface area contributed by atoms with Gasteiger partial charge in [-0.05, 0) is 110 Å². The number of benzene rings is 9. The van der Waals surface area contributed by atoms with Crippen LogP contribution in [0.15, 0.2) is 229 Å². The van der Waals surface area contributed by atoms with Gasteiger partial charge in [0, 0.05) is 22.5 Å². The lowest BCUT2D eigenvalue weighted by molar-refractivity contribution is 0.753. The van der Waals surface area contributed by atoms with Crippen molar-refractivity contribution in [2.75, 3.05) is 10.6 Å². The van der Waals surface area contributed by atoms with Gasteiger partial charge in [0.15, 0.2) is 0 Å². The van der Waals surface area contributed by atoms with Crippen LogP contribution in [0.2, 0.25) is 0 Å². The highest BCUT2D eigenvalue weighted by molar-refractivity contribution is 6.15. The van der Waals surface area contributed by atoms with Crippen molar-refractivity contribution < 1.29 is 0 Å². The van der Waals surface area contributed by atoms with Gasteiger partial charge in [-0.3, -0.25) is 4.99 Å². The van der Waals surface area contributed by atoms with Crippen LogP contribution in [-0.4, -0.2) is 5.71 Å². The molecule has 284 valence electrons. The maximum Gasteiger partial charge on any atom is 0.0754 e. The SMILES string of the molecule is Nc1ccccc1/C(=N\Cc1cccc(-c2cccc(-c3ccc4c(c3)C3(c5ccccc5-4)c4ccccc4N(c4ccccc4)c4ccccc43)c2)c1)c1ccccc1. The summed E-state index contributed by atoms with van der Waals surface area (Å²) in [5.74, 6) is 0. The first-order chi connectivity index (χ1) is 29.7. The molecule has 1 aliphatic heterocycles. The molecule has 0 atom stereocenters. The molecular formula is C57H41N3. The van der Waals surface area contributed by atoms with E-state index >= 15 is 0 Å². The average molecular weight is 768 g/mol. The third-order valence-corrected chi connectivity index (χ3v) is 12.3. The lowest BCUT2D eigenvalue weighted by Crippen LogP contribution is -2.36. The molecule has 0 amide bonds. The standard InChI is InChI=1S/C57H41N3/c58-53-30-12-8-26-48(53)56(40-18-3-1-4-19-40)59-38-39-17-15-20-41(35-39)42-21-16-22-43(36-42)44-33-34-47-46-25-7-9-27-49(46)57(52(47)37-44)50-28-10-13-31-54(50)60(45-23-5-2-6-24-45)55-32-14-11-29-51(55)57/h1-37H,38,58H2/b59-56-. The molecule has 0 unspecified atom stereocenters. The summed E-state index contributed by atoms with van der Waals surface area (Å²) >= 11 is 0. The van der Waals surface area contributed by atoms with Gasteiger partial charge in [0.2, 0.25) is 0 Å². The first kappa shape index (κ1) is 35.4. The Labute approximate surface area is 351 Å². The average Bonchev–Trinajstić information content (AvgIpc) is 3.60. The van der Waals surface area contributed by atoms with Crippen molar-refractivity contribution in [1.29, 1.82) is 0 Å². The van der Waals surface area contributed by atoms with Crippen LogP contribution in [0, 0.1) is 0 Å². The van der Waals surface area contributed by atoms with Crippen LogP contribution >= 0.6 is 0 Å². The van der Waals surface area contributed by atoms with E-state index in [9.17, 15) is 0 Å². The summed E-state index contributed by atoms with van der Waals surface area (Å²) in [5.41, 5.74) is 26.7. The summed E-state index contributed by atoms with van der Waals surface area (Å²) < 4.78 is 0. The fourth-order valence-corrected chi connectivity index (χ4v) is 9.68. The van der Waals surface area contributed by atoms with E-state index in [1.54, 1.807) is 0 Å². The van der Waals surface area contributed by atoms with E-state index in [1.165, 1.54) is 61.4 Å². The van der Waals surface area contributed by atoms with Crippen LogP contribution in [0.3, 0.4) is 0 Å². The number of nitrogen functional groups attached to an aromatic ring is 1. The first-order valence-electron chi connectivity index (χ1n) is 20.6. The molecule has 2 aliphatic rings. The monoisotopic (exact) mass is 767 g/mol. The highest BCUT2D eigenvalue weighted by Crippen LogP contribution is 2.63. The van der Waals surface area contributed by atoms with Crippen molar-refractivity contribution in [2.45, 2.75) is 12.0 Å².